The smallest absolute Gasteiger partial charge is 0.357 e. The van der Waals surface area contributed by atoms with Crippen molar-refractivity contribution in [1.82, 2.24) is 20.4 Å². The fraction of sp³-hybridized carbons (Fsp3) is 0.667. The Kier molecular flexibility index (Phi) is 12.0. The maximum absolute atomic E-state index is 12.4. The van der Waals surface area contributed by atoms with Crippen molar-refractivity contribution in [2.45, 2.75) is 45.5 Å². The summed E-state index contributed by atoms with van der Waals surface area (Å²) in [6, 6.07) is 8.81. The molecule has 2 N–H and O–H groups in total. The van der Waals surface area contributed by atoms with Gasteiger partial charge in [-0.2, -0.15) is 13.2 Å². The third-order valence-electron chi connectivity index (χ3n) is 5.13. The van der Waals surface area contributed by atoms with Gasteiger partial charge in [-0.25, -0.2) is 0 Å². The van der Waals surface area contributed by atoms with E-state index in [1.807, 2.05) is 6.92 Å². The van der Waals surface area contributed by atoms with Gasteiger partial charge < -0.3 is 10.6 Å². The summed E-state index contributed by atoms with van der Waals surface area (Å²) in [5.41, 5.74) is 2.70. The average Bonchev–Trinajstić information content (AvgIpc) is 2.64. The summed E-state index contributed by atoms with van der Waals surface area (Å²) in [4.78, 5) is 8.16. The highest BCUT2D eigenvalue weighted by atomic mass is 127. The van der Waals surface area contributed by atoms with Crippen molar-refractivity contribution < 1.29 is 13.2 Å². The molecule has 0 aromatic heterocycles. The van der Waals surface area contributed by atoms with Gasteiger partial charge in [-0.15, -0.1) is 24.0 Å². The van der Waals surface area contributed by atoms with Crippen LogP contribution in [0.3, 0.4) is 0 Å². The highest BCUT2D eigenvalue weighted by molar-refractivity contribution is 14.0. The van der Waals surface area contributed by atoms with Crippen molar-refractivity contribution in [3.8, 4) is 0 Å². The average molecular weight is 541 g/mol. The zero-order valence-corrected chi connectivity index (χ0v) is 20.5. The minimum atomic E-state index is -4.17. The summed E-state index contributed by atoms with van der Waals surface area (Å²) in [5.74, 6) is 0.685. The van der Waals surface area contributed by atoms with Crippen LogP contribution in [0.15, 0.2) is 29.3 Å². The number of halogens is 4. The third-order valence-corrected chi connectivity index (χ3v) is 5.13. The van der Waals surface area contributed by atoms with Gasteiger partial charge in [0.1, 0.15) is 0 Å². The van der Waals surface area contributed by atoms with Crippen molar-refractivity contribution in [2.24, 2.45) is 4.99 Å². The van der Waals surface area contributed by atoms with E-state index in [0.717, 1.165) is 39.0 Å². The van der Waals surface area contributed by atoms with Crippen LogP contribution in [0.5, 0.6) is 0 Å². The number of hydrogen-bond acceptors (Lipinski definition) is 3. The topological polar surface area (TPSA) is 42.9 Å². The highest BCUT2D eigenvalue weighted by Gasteiger charge is 2.28. The van der Waals surface area contributed by atoms with Crippen LogP contribution in [0.25, 0.3) is 0 Å². The Morgan fingerprint density at radius 1 is 1.23 bits per heavy atom. The van der Waals surface area contributed by atoms with Crippen LogP contribution in [0.4, 0.5) is 13.2 Å². The molecule has 0 aliphatic carbocycles. The van der Waals surface area contributed by atoms with Crippen LogP contribution in [0.1, 0.15) is 30.9 Å². The van der Waals surface area contributed by atoms with E-state index in [0.29, 0.717) is 18.5 Å². The molecule has 172 valence electrons. The largest absolute Gasteiger partial charge is 0.401 e. The summed E-state index contributed by atoms with van der Waals surface area (Å²) < 4.78 is 37.2. The van der Waals surface area contributed by atoms with Gasteiger partial charge >= 0.3 is 6.18 Å². The van der Waals surface area contributed by atoms with Crippen LogP contribution in [0, 0.1) is 6.92 Å². The van der Waals surface area contributed by atoms with E-state index in [2.05, 4.69) is 51.7 Å². The second kappa shape index (κ2) is 13.4. The molecule has 1 heterocycles. The molecule has 9 heteroatoms. The maximum atomic E-state index is 12.4. The standard InChI is InChI=1S/C21H34F3N5.HI/c1-4-25-20(26-11-14-28(3)16-21(22,23)24)27-19-9-12-29(13-10-19)15-18-8-6-5-7-17(18)2;/h5-8,19H,4,9-16H2,1-3H3,(H2,25,26,27);1H. The number of aryl methyl sites for hydroxylation is 1. The predicted octanol–water partition coefficient (Wildman–Crippen LogP) is 3.63. The van der Waals surface area contributed by atoms with Crippen molar-refractivity contribution in [2.75, 3.05) is 46.3 Å². The number of benzene rings is 1. The number of nitrogens with zero attached hydrogens (tertiary/aromatic N) is 3. The van der Waals surface area contributed by atoms with Gasteiger partial charge in [0.2, 0.25) is 0 Å². The third kappa shape index (κ3) is 10.3. The lowest BCUT2D eigenvalue weighted by Crippen LogP contribution is -2.48. The molecule has 1 aromatic carbocycles. The fourth-order valence-electron chi connectivity index (χ4n) is 3.49. The number of likely N-dealkylation sites (N-methyl/N-ethyl adjacent to an activating group) is 1. The van der Waals surface area contributed by atoms with Gasteiger partial charge in [0.05, 0.1) is 13.1 Å². The highest BCUT2D eigenvalue weighted by Crippen LogP contribution is 2.16. The lowest BCUT2D eigenvalue weighted by molar-refractivity contribution is -0.142. The van der Waals surface area contributed by atoms with Gasteiger partial charge in [-0.3, -0.25) is 14.8 Å². The number of alkyl halides is 3. The summed E-state index contributed by atoms with van der Waals surface area (Å²) in [6.07, 6.45) is -2.14. The predicted molar refractivity (Wildman–Crippen MR) is 128 cm³/mol. The molecular weight excluding hydrogens is 506 g/mol. The Morgan fingerprint density at radius 2 is 1.90 bits per heavy atom. The lowest BCUT2D eigenvalue weighted by atomic mass is 10.0. The summed E-state index contributed by atoms with van der Waals surface area (Å²) in [5, 5.41) is 6.64. The lowest BCUT2D eigenvalue weighted by Gasteiger charge is -2.33. The SMILES string of the molecule is CCNC(=NCCN(C)CC(F)(F)F)NC1CCN(Cc2ccccc2C)CC1.I. The summed E-state index contributed by atoms with van der Waals surface area (Å²) in [6.45, 7) is 7.53. The molecule has 0 unspecified atom stereocenters. The fourth-order valence-corrected chi connectivity index (χ4v) is 3.49. The van der Waals surface area contributed by atoms with E-state index in [1.165, 1.54) is 23.1 Å². The van der Waals surface area contributed by atoms with E-state index in [4.69, 9.17) is 0 Å². The van der Waals surface area contributed by atoms with E-state index < -0.39 is 12.7 Å². The number of rotatable bonds is 8. The number of nitrogens with one attached hydrogen (secondary N) is 2. The molecule has 0 atom stereocenters. The first-order valence-corrected chi connectivity index (χ1v) is 10.3. The normalized spacial score (nSPS) is 16.4. The van der Waals surface area contributed by atoms with Crippen molar-refractivity contribution >= 4 is 29.9 Å². The molecule has 5 nitrogen and oxygen atoms in total. The van der Waals surface area contributed by atoms with Crippen LogP contribution < -0.4 is 10.6 Å². The molecule has 0 spiro atoms. The molecule has 1 aliphatic rings. The number of piperidine rings is 1. The van der Waals surface area contributed by atoms with Gasteiger partial charge in [0.25, 0.3) is 0 Å². The van der Waals surface area contributed by atoms with Crippen LogP contribution >= 0.6 is 24.0 Å². The van der Waals surface area contributed by atoms with Crippen molar-refractivity contribution in [3.05, 3.63) is 35.4 Å². The van der Waals surface area contributed by atoms with Crippen LogP contribution in [-0.4, -0.2) is 74.3 Å². The second-order valence-corrected chi connectivity index (χ2v) is 7.73. The molecule has 2 rings (SSSR count). The zero-order chi connectivity index (χ0) is 21.3. The molecule has 1 aromatic rings. The molecule has 1 saturated heterocycles. The Hall–Kier alpha value is -1.07. The van der Waals surface area contributed by atoms with E-state index in [1.54, 1.807) is 0 Å². The number of likely N-dealkylation sites (tertiary alicyclic amines) is 1. The first kappa shape index (κ1) is 27.0. The second-order valence-electron chi connectivity index (χ2n) is 7.73. The van der Waals surface area contributed by atoms with Gasteiger partial charge in [0, 0.05) is 38.8 Å². The molecule has 30 heavy (non-hydrogen) atoms. The quantitative estimate of drug-likeness (QED) is 0.300. The Morgan fingerprint density at radius 3 is 2.50 bits per heavy atom. The van der Waals surface area contributed by atoms with Gasteiger partial charge in [-0.1, -0.05) is 24.3 Å². The Balaban J connectivity index is 0.00000450. The van der Waals surface area contributed by atoms with Gasteiger partial charge in [-0.05, 0) is 44.9 Å². The minimum Gasteiger partial charge on any atom is -0.357 e. The zero-order valence-electron chi connectivity index (χ0n) is 18.1. The van der Waals surface area contributed by atoms with E-state index >= 15 is 0 Å². The van der Waals surface area contributed by atoms with E-state index in [9.17, 15) is 13.2 Å². The van der Waals surface area contributed by atoms with Crippen molar-refractivity contribution in [1.29, 1.82) is 0 Å². The summed E-state index contributed by atoms with van der Waals surface area (Å²) in [7, 11) is 1.47. The molecular formula is C21H35F3IN5. The number of guanidine groups is 1. The molecule has 1 fully saturated rings. The van der Waals surface area contributed by atoms with E-state index in [-0.39, 0.29) is 30.5 Å². The first-order chi connectivity index (χ1) is 13.8. The molecule has 1 aliphatic heterocycles. The maximum Gasteiger partial charge on any atom is 0.401 e. The van der Waals surface area contributed by atoms with Crippen LogP contribution in [-0.2, 0) is 6.54 Å². The monoisotopic (exact) mass is 541 g/mol. The number of hydrogen-bond donors (Lipinski definition) is 2. The minimum absolute atomic E-state index is 0. The van der Waals surface area contributed by atoms with Crippen LogP contribution in [0.2, 0.25) is 0 Å². The Labute approximate surface area is 195 Å². The Bertz CT molecular complexity index is 646. The summed E-state index contributed by atoms with van der Waals surface area (Å²) >= 11 is 0. The first-order valence-electron chi connectivity index (χ1n) is 10.3. The van der Waals surface area contributed by atoms with Gasteiger partial charge in [0.15, 0.2) is 5.96 Å². The molecule has 0 bridgehead atoms. The number of aliphatic imine (C=N–C) groups is 1. The molecule has 0 saturated carbocycles. The van der Waals surface area contributed by atoms with Crippen molar-refractivity contribution in [3.63, 3.8) is 0 Å². The molecule has 0 radical (unpaired) electrons. The molecule has 0 amide bonds.